The van der Waals surface area contributed by atoms with Gasteiger partial charge in [-0.15, -0.1) is 11.3 Å². The van der Waals surface area contributed by atoms with Crippen LogP contribution in [0.5, 0.6) is 11.5 Å². The Bertz CT molecular complexity index is 1490. The molecule has 3 nitrogen and oxygen atoms in total. The second-order valence-corrected chi connectivity index (χ2v) is 8.51. The van der Waals surface area contributed by atoms with E-state index in [0.717, 1.165) is 36.9 Å². The molecule has 5 aromatic rings. The van der Waals surface area contributed by atoms with Crippen molar-refractivity contribution in [2.75, 3.05) is 7.11 Å². The van der Waals surface area contributed by atoms with Crippen molar-refractivity contribution in [2.24, 2.45) is 0 Å². The summed E-state index contributed by atoms with van der Waals surface area (Å²) in [4.78, 5) is 12.3. The highest BCUT2D eigenvalue weighted by Crippen LogP contribution is 2.48. The van der Waals surface area contributed by atoms with Crippen LogP contribution in [0, 0.1) is 5.82 Å². The molecule has 0 aliphatic heterocycles. The van der Waals surface area contributed by atoms with Crippen LogP contribution in [0.4, 0.5) is 4.39 Å². The quantitative estimate of drug-likeness (QED) is 0.200. The van der Waals surface area contributed by atoms with Gasteiger partial charge in [-0.25, -0.2) is 9.18 Å². The summed E-state index contributed by atoms with van der Waals surface area (Å²) >= 11 is 1.51. The molecule has 0 spiro atoms. The smallest absolute Gasteiger partial charge is 0.330 e. The number of fused-ring (bicyclic) bond motifs is 2. The predicted molar refractivity (Wildman–Crippen MR) is 132 cm³/mol. The van der Waals surface area contributed by atoms with Gasteiger partial charge in [0, 0.05) is 21.7 Å². The van der Waals surface area contributed by atoms with Crippen LogP contribution in [0.25, 0.3) is 37.4 Å². The first-order chi connectivity index (χ1) is 16.1. The molecule has 0 bridgehead atoms. The van der Waals surface area contributed by atoms with Crippen molar-refractivity contribution in [3.63, 3.8) is 0 Å². The summed E-state index contributed by atoms with van der Waals surface area (Å²) < 4.78 is 25.8. The Balaban J connectivity index is 1.59. The predicted octanol–water partition coefficient (Wildman–Crippen LogP) is 7.84. The maximum atomic E-state index is 14.0. The summed E-state index contributed by atoms with van der Waals surface area (Å²) in [6.07, 6.45) is 3.05. The molecule has 0 fully saturated rings. The zero-order valence-electron chi connectivity index (χ0n) is 17.7. The number of hydrogen-bond donors (Lipinski definition) is 0. The first kappa shape index (κ1) is 20.9. The van der Waals surface area contributed by atoms with Gasteiger partial charge in [0.1, 0.15) is 11.6 Å². The Morgan fingerprint density at radius 2 is 1.70 bits per heavy atom. The van der Waals surface area contributed by atoms with Crippen molar-refractivity contribution >= 4 is 44.2 Å². The number of ether oxygens (including phenoxy) is 2. The van der Waals surface area contributed by atoms with Gasteiger partial charge in [0.15, 0.2) is 5.75 Å². The average molecular weight is 455 g/mol. The standard InChI is InChI=1S/C28H19FO3S/c1-31-26(30)16-11-18-9-13-21(14-10-18)32-27-24-15-12-20(29)17-25(24)33-28(27)23-8-4-6-19-5-2-3-7-22(19)23/h2-17H,1H3/b16-11+. The number of benzene rings is 4. The fourth-order valence-corrected chi connectivity index (χ4v) is 4.94. The summed E-state index contributed by atoms with van der Waals surface area (Å²) in [6.45, 7) is 0. The van der Waals surface area contributed by atoms with Crippen LogP contribution < -0.4 is 4.74 Å². The van der Waals surface area contributed by atoms with E-state index in [-0.39, 0.29) is 5.82 Å². The van der Waals surface area contributed by atoms with Crippen molar-refractivity contribution in [3.05, 3.63) is 102 Å². The fraction of sp³-hybridized carbons (Fsp3) is 0.0357. The molecule has 0 radical (unpaired) electrons. The zero-order chi connectivity index (χ0) is 22.8. The van der Waals surface area contributed by atoms with Crippen LogP contribution in [0.3, 0.4) is 0 Å². The molecule has 0 N–H and O–H groups in total. The summed E-state index contributed by atoms with van der Waals surface area (Å²) in [5.41, 5.74) is 1.89. The van der Waals surface area contributed by atoms with Crippen molar-refractivity contribution in [3.8, 4) is 21.9 Å². The van der Waals surface area contributed by atoms with Crippen LogP contribution >= 0.6 is 11.3 Å². The molecule has 5 rings (SSSR count). The Morgan fingerprint density at radius 3 is 2.52 bits per heavy atom. The first-order valence-electron chi connectivity index (χ1n) is 10.4. The molecule has 1 aromatic heterocycles. The molecular formula is C28H19FO3S. The van der Waals surface area contributed by atoms with E-state index in [4.69, 9.17) is 4.74 Å². The lowest BCUT2D eigenvalue weighted by Crippen LogP contribution is -1.93. The van der Waals surface area contributed by atoms with Gasteiger partial charge < -0.3 is 9.47 Å². The summed E-state index contributed by atoms with van der Waals surface area (Å²) in [5.74, 6) is 0.661. The molecule has 0 aliphatic rings. The molecule has 0 unspecified atom stereocenters. The first-order valence-corrected chi connectivity index (χ1v) is 11.2. The van der Waals surface area contributed by atoms with Crippen molar-refractivity contribution < 1.29 is 18.7 Å². The van der Waals surface area contributed by atoms with Crippen molar-refractivity contribution in [1.82, 2.24) is 0 Å². The van der Waals surface area contributed by atoms with E-state index in [1.807, 2.05) is 42.5 Å². The van der Waals surface area contributed by atoms with Gasteiger partial charge in [0.05, 0.1) is 12.0 Å². The van der Waals surface area contributed by atoms with Gasteiger partial charge >= 0.3 is 5.97 Å². The topological polar surface area (TPSA) is 35.5 Å². The molecule has 0 aliphatic carbocycles. The number of halogens is 1. The van der Waals surface area contributed by atoms with Gasteiger partial charge in [-0.3, -0.25) is 0 Å². The van der Waals surface area contributed by atoms with Crippen LogP contribution in [0.2, 0.25) is 0 Å². The van der Waals surface area contributed by atoms with Gasteiger partial charge in [-0.1, -0.05) is 54.6 Å². The number of carbonyl (C=O) groups is 1. The number of methoxy groups -OCH3 is 1. The van der Waals surface area contributed by atoms with Gasteiger partial charge in [-0.2, -0.15) is 0 Å². The second kappa shape index (κ2) is 8.88. The minimum Gasteiger partial charge on any atom is -0.466 e. The Hall–Kier alpha value is -3.96. The number of thiophene rings is 1. The molecule has 5 heteroatoms. The van der Waals surface area contributed by atoms with Crippen LogP contribution in [-0.2, 0) is 9.53 Å². The van der Waals surface area contributed by atoms with Crippen molar-refractivity contribution in [2.45, 2.75) is 0 Å². The van der Waals surface area contributed by atoms with Crippen LogP contribution in [0.15, 0.2) is 91.0 Å². The Labute approximate surface area is 194 Å². The lowest BCUT2D eigenvalue weighted by molar-refractivity contribution is -0.134. The van der Waals surface area contributed by atoms with Crippen molar-refractivity contribution in [1.29, 1.82) is 0 Å². The summed E-state index contributed by atoms with van der Waals surface area (Å²) in [7, 11) is 1.34. The van der Waals surface area contributed by atoms with Crippen LogP contribution in [-0.4, -0.2) is 13.1 Å². The number of carbonyl (C=O) groups excluding carboxylic acids is 1. The second-order valence-electron chi connectivity index (χ2n) is 7.46. The highest BCUT2D eigenvalue weighted by molar-refractivity contribution is 7.22. The summed E-state index contributed by atoms with van der Waals surface area (Å²) in [6, 6.07) is 26.5. The highest BCUT2D eigenvalue weighted by atomic mass is 32.1. The fourth-order valence-electron chi connectivity index (χ4n) is 3.75. The normalized spacial score (nSPS) is 11.3. The van der Waals surface area contributed by atoms with E-state index in [1.165, 1.54) is 30.6 Å². The van der Waals surface area contributed by atoms with E-state index in [2.05, 4.69) is 29.0 Å². The molecule has 0 atom stereocenters. The number of hydrogen-bond acceptors (Lipinski definition) is 4. The zero-order valence-corrected chi connectivity index (χ0v) is 18.6. The molecule has 162 valence electrons. The molecule has 0 saturated heterocycles. The highest BCUT2D eigenvalue weighted by Gasteiger charge is 2.18. The lowest BCUT2D eigenvalue weighted by atomic mass is 10.0. The van der Waals surface area contributed by atoms with Crippen LogP contribution in [0.1, 0.15) is 5.56 Å². The lowest BCUT2D eigenvalue weighted by Gasteiger charge is -2.10. The molecule has 0 amide bonds. The minimum absolute atomic E-state index is 0.276. The molecule has 33 heavy (non-hydrogen) atoms. The third-order valence-electron chi connectivity index (χ3n) is 5.35. The van der Waals surface area contributed by atoms with E-state index < -0.39 is 5.97 Å². The Kier molecular flexibility index (Phi) is 5.63. The van der Waals surface area contributed by atoms with Gasteiger partial charge in [-0.05, 0) is 52.7 Å². The molecule has 0 saturated carbocycles. The maximum absolute atomic E-state index is 14.0. The number of rotatable bonds is 5. The minimum atomic E-state index is -0.410. The average Bonchev–Trinajstić information content (AvgIpc) is 3.19. The largest absolute Gasteiger partial charge is 0.466 e. The number of esters is 1. The molecule has 4 aromatic carbocycles. The third-order valence-corrected chi connectivity index (χ3v) is 6.52. The van der Waals surface area contributed by atoms with Gasteiger partial charge in [0.25, 0.3) is 0 Å². The summed E-state index contributed by atoms with van der Waals surface area (Å²) in [5, 5.41) is 3.10. The molecular weight excluding hydrogens is 435 g/mol. The van der Waals surface area contributed by atoms with E-state index in [9.17, 15) is 9.18 Å². The Morgan fingerprint density at radius 1 is 0.909 bits per heavy atom. The van der Waals surface area contributed by atoms with Gasteiger partial charge in [0.2, 0.25) is 0 Å². The maximum Gasteiger partial charge on any atom is 0.330 e. The molecule has 1 heterocycles. The monoisotopic (exact) mass is 454 g/mol. The van der Waals surface area contributed by atoms with E-state index in [1.54, 1.807) is 18.2 Å². The SMILES string of the molecule is COC(=O)/C=C/c1ccc(Oc2c(-c3cccc4ccccc34)sc3cc(F)ccc23)cc1. The van der Waals surface area contributed by atoms with E-state index >= 15 is 0 Å². The third kappa shape index (κ3) is 4.23. The van der Waals surface area contributed by atoms with E-state index in [0.29, 0.717) is 11.5 Å².